The molecule has 0 saturated heterocycles. The lowest BCUT2D eigenvalue weighted by Crippen LogP contribution is -2.26. The van der Waals surface area contributed by atoms with Crippen LogP contribution in [0.15, 0.2) is 30.5 Å². The Labute approximate surface area is 149 Å². The number of ether oxygens (including phenoxy) is 1. The van der Waals surface area contributed by atoms with E-state index in [1.807, 2.05) is 12.1 Å². The second-order valence-corrected chi connectivity index (χ2v) is 6.66. The first-order chi connectivity index (χ1) is 12.3. The molecule has 0 aliphatic carbocycles. The van der Waals surface area contributed by atoms with Crippen LogP contribution in [0.4, 0.5) is 0 Å². The number of nitrogens with one attached hydrogen (secondary N) is 1. The molecule has 1 aromatic heterocycles. The minimum Gasteiger partial charge on any atom is -0.494 e. The van der Waals surface area contributed by atoms with Crippen LogP contribution in [-0.2, 0) is 13.1 Å². The van der Waals surface area contributed by atoms with E-state index in [1.54, 1.807) is 0 Å². The fourth-order valence-corrected chi connectivity index (χ4v) is 3.38. The third kappa shape index (κ3) is 4.83. The molecule has 132 valence electrons. The topological polar surface area (TPSA) is 62.9 Å². The first-order valence-corrected chi connectivity index (χ1v) is 9.09. The molecule has 1 atom stereocenters. The molecule has 0 fully saturated rings. The maximum atomic E-state index is 8.55. The Morgan fingerprint density at radius 2 is 2.36 bits per heavy atom. The van der Waals surface area contributed by atoms with Gasteiger partial charge in [0.15, 0.2) is 0 Å². The number of hydrogen-bond donors (Lipinski definition) is 1. The van der Waals surface area contributed by atoms with E-state index >= 15 is 0 Å². The fourth-order valence-electron chi connectivity index (χ4n) is 3.38. The highest BCUT2D eigenvalue weighted by atomic mass is 16.5. The van der Waals surface area contributed by atoms with E-state index in [0.717, 1.165) is 37.5 Å². The molecule has 2 aromatic rings. The number of aryl methyl sites for hydroxylation is 2. The maximum absolute atomic E-state index is 8.55. The van der Waals surface area contributed by atoms with Gasteiger partial charge in [0, 0.05) is 38.2 Å². The molecular formula is C20H26N4O. The molecule has 5 heteroatoms. The summed E-state index contributed by atoms with van der Waals surface area (Å²) in [4.78, 5) is 4.70. The molecule has 0 bridgehead atoms. The summed E-state index contributed by atoms with van der Waals surface area (Å²) in [7, 11) is 0. The van der Waals surface area contributed by atoms with Crippen LogP contribution in [0.2, 0.25) is 0 Å². The highest BCUT2D eigenvalue weighted by Crippen LogP contribution is 2.26. The Morgan fingerprint density at radius 3 is 3.24 bits per heavy atom. The molecule has 1 aliphatic rings. The highest BCUT2D eigenvalue weighted by molar-refractivity contribution is 5.28. The van der Waals surface area contributed by atoms with Crippen LogP contribution in [0, 0.1) is 18.3 Å². The van der Waals surface area contributed by atoms with Crippen LogP contribution in [-0.4, -0.2) is 22.7 Å². The molecule has 2 heterocycles. The molecule has 0 saturated carbocycles. The van der Waals surface area contributed by atoms with E-state index in [4.69, 9.17) is 15.0 Å². The first-order valence-electron chi connectivity index (χ1n) is 9.09. The number of imidazole rings is 1. The molecule has 0 radical (unpaired) electrons. The molecule has 5 nitrogen and oxygen atoms in total. The third-order valence-electron chi connectivity index (χ3n) is 4.56. The normalized spacial score (nSPS) is 16.2. The summed E-state index contributed by atoms with van der Waals surface area (Å²) in [5.41, 5.74) is 2.33. The quantitative estimate of drug-likeness (QED) is 0.748. The number of nitriles is 1. The Bertz CT molecular complexity index is 732. The zero-order chi connectivity index (χ0) is 17.5. The Morgan fingerprint density at radius 1 is 1.44 bits per heavy atom. The van der Waals surface area contributed by atoms with Crippen molar-refractivity contribution in [2.24, 2.45) is 0 Å². The van der Waals surface area contributed by atoms with Crippen molar-refractivity contribution in [1.29, 1.82) is 5.26 Å². The summed E-state index contributed by atoms with van der Waals surface area (Å²) in [6.45, 7) is 5.53. The van der Waals surface area contributed by atoms with Crippen LogP contribution in [0.1, 0.15) is 48.7 Å². The lowest BCUT2D eigenvalue weighted by molar-refractivity contribution is 0.312. The van der Waals surface area contributed by atoms with E-state index in [-0.39, 0.29) is 0 Å². The van der Waals surface area contributed by atoms with Gasteiger partial charge < -0.3 is 14.6 Å². The van der Waals surface area contributed by atoms with Crippen molar-refractivity contribution in [3.05, 3.63) is 47.5 Å². The molecule has 3 rings (SSSR count). The average Bonchev–Trinajstić information content (AvgIpc) is 3.00. The van der Waals surface area contributed by atoms with Gasteiger partial charge in [-0.2, -0.15) is 5.26 Å². The molecule has 0 amide bonds. The van der Waals surface area contributed by atoms with Gasteiger partial charge in [-0.05, 0) is 43.9 Å². The van der Waals surface area contributed by atoms with Crippen molar-refractivity contribution in [3.8, 4) is 11.8 Å². The molecule has 1 N–H and O–H groups in total. The fraction of sp³-hybridized carbons (Fsp3) is 0.500. The number of benzene rings is 1. The number of rotatable bonds is 8. The number of unbranched alkanes of at least 4 members (excludes halogenated alkanes) is 1. The van der Waals surface area contributed by atoms with Gasteiger partial charge in [-0.3, -0.25) is 0 Å². The summed E-state index contributed by atoms with van der Waals surface area (Å²) in [6.07, 6.45) is 5.89. The molecule has 1 aromatic carbocycles. The second-order valence-electron chi connectivity index (χ2n) is 6.66. The molecule has 0 unspecified atom stereocenters. The second kappa shape index (κ2) is 8.68. The molecule has 1 aliphatic heterocycles. The molecular weight excluding hydrogens is 312 g/mol. The summed E-state index contributed by atoms with van der Waals surface area (Å²) in [5.74, 6) is 2.60. The average molecular weight is 338 g/mol. The van der Waals surface area contributed by atoms with Crippen LogP contribution < -0.4 is 10.1 Å². The standard InChI is InChI=1S/C20H26N4O/c1-16-15-24-10-5-7-18(20(24)23-16)14-22-13-17-6-4-8-19(12-17)25-11-3-2-9-21/h4,6,8,12,15,18,22H,2-3,5,7,10-11,13-14H2,1H3/t18-/m1/s1. The third-order valence-corrected chi connectivity index (χ3v) is 4.56. The summed E-state index contributed by atoms with van der Waals surface area (Å²) >= 11 is 0. The van der Waals surface area contributed by atoms with Crippen molar-refractivity contribution in [2.75, 3.05) is 13.2 Å². The van der Waals surface area contributed by atoms with Gasteiger partial charge in [0.1, 0.15) is 11.6 Å². The minimum absolute atomic E-state index is 0.493. The highest BCUT2D eigenvalue weighted by Gasteiger charge is 2.21. The van der Waals surface area contributed by atoms with Crippen LogP contribution in [0.5, 0.6) is 5.75 Å². The SMILES string of the molecule is Cc1cn2c(n1)[C@@H](CNCc1cccc(OCCCC#N)c1)CCC2. The predicted molar refractivity (Wildman–Crippen MR) is 97.4 cm³/mol. The van der Waals surface area contributed by atoms with Gasteiger partial charge in [-0.15, -0.1) is 0 Å². The number of nitrogens with zero attached hydrogens (tertiary/aromatic N) is 3. The van der Waals surface area contributed by atoms with Crippen molar-refractivity contribution in [2.45, 2.75) is 51.6 Å². The lowest BCUT2D eigenvalue weighted by atomic mass is 9.99. The smallest absolute Gasteiger partial charge is 0.119 e. The summed E-state index contributed by atoms with van der Waals surface area (Å²) < 4.78 is 8.01. The zero-order valence-electron chi connectivity index (χ0n) is 14.9. The van der Waals surface area contributed by atoms with Gasteiger partial charge in [-0.1, -0.05) is 12.1 Å². The largest absolute Gasteiger partial charge is 0.494 e. The Kier molecular flexibility index (Phi) is 6.08. The first kappa shape index (κ1) is 17.5. The van der Waals surface area contributed by atoms with E-state index in [0.29, 0.717) is 18.9 Å². The van der Waals surface area contributed by atoms with Crippen molar-refractivity contribution in [1.82, 2.24) is 14.9 Å². The maximum Gasteiger partial charge on any atom is 0.119 e. The van der Waals surface area contributed by atoms with Crippen LogP contribution in [0.3, 0.4) is 0 Å². The molecule has 25 heavy (non-hydrogen) atoms. The summed E-state index contributed by atoms with van der Waals surface area (Å²) in [5, 5.41) is 12.1. The Balaban J connectivity index is 1.49. The van der Waals surface area contributed by atoms with E-state index in [2.05, 4.69) is 41.2 Å². The van der Waals surface area contributed by atoms with Crippen molar-refractivity contribution in [3.63, 3.8) is 0 Å². The van der Waals surface area contributed by atoms with Gasteiger partial charge >= 0.3 is 0 Å². The van der Waals surface area contributed by atoms with Gasteiger partial charge in [0.05, 0.1) is 18.4 Å². The Hall–Kier alpha value is -2.32. The minimum atomic E-state index is 0.493. The number of aromatic nitrogens is 2. The molecule has 0 spiro atoms. The van der Waals surface area contributed by atoms with E-state index in [9.17, 15) is 0 Å². The number of hydrogen-bond acceptors (Lipinski definition) is 4. The summed E-state index contributed by atoms with van der Waals surface area (Å²) in [6, 6.07) is 10.3. The lowest BCUT2D eigenvalue weighted by Gasteiger charge is -2.23. The van der Waals surface area contributed by atoms with Gasteiger partial charge in [0.2, 0.25) is 0 Å². The monoisotopic (exact) mass is 338 g/mol. The zero-order valence-corrected chi connectivity index (χ0v) is 14.9. The number of fused-ring (bicyclic) bond motifs is 1. The van der Waals surface area contributed by atoms with Gasteiger partial charge in [-0.25, -0.2) is 4.98 Å². The van der Waals surface area contributed by atoms with Gasteiger partial charge in [0.25, 0.3) is 0 Å². The van der Waals surface area contributed by atoms with Crippen LogP contribution >= 0.6 is 0 Å². The predicted octanol–water partition coefficient (Wildman–Crippen LogP) is 3.54. The van der Waals surface area contributed by atoms with Crippen LogP contribution in [0.25, 0.3) is 0 Å². The van der Waals surface area contributed by atoms with Crippen molar-refractivity contribution >= 4 is 0 Å². The van der Waals surface area contributed by atoms with Crippen molar-refractivity contribution < 1.29 is 4.74 Å². The van der Waals surface area contributed by atoms with E-state index < -0.39 is 0 Å². The van der Waals surface area contributed by atoms with E-state index in [1.165, 1.54) is 24.2 Å².